The SMILES string of the molecule is C=C(F)C(=O)N1CCN(c2nc(OCC3(CN(C)C)CCCCC3)nc3c2CCCN(C2=C4C=NNC4CC=C2C)C3)C[C@@H]1CC#N. The third-order valence-corrected chi connectivity index (χ3v) is 10.4. The Hall–Kier alpha value is -3.98. The van der Waals surface area contributed by atoms with Crippen LogP contribution >= 0.6 is 0 Å². The maximum absolute atomic E-state index is 13.9. The Morgan fingerprint density at radius 3 is 2.74 bits per heavy atom. The van der Waals surface area contributed by atoms with Crippen molar-refractivity contribution in [2.75, 3.05) is 58.3 Å². The van der Waals surface area contributed by atoms with Gasteiger partial charge in [-0.1, -0.05) is 31.9 Å². The fourth-order valence-electron chi connectivity index (χ4n) is 8.21. The molecule has 4 heterocycles. The van der Waals surface area contributed by atoms with Crippen LogP contribution in [0.4, 0.5) is 10.2 Å². The maximum Gasteiger partial charge on any atom is 0.318 e. The fraction of sp³-hybridized carbons (Fsp3) is 0.629. The van der Waals surface area contributed by atoms with Crippen LogP contribution in [0.25, 0.3) is 0 Å². The van der Waals surface area contributed by atoms with Gasteiger partial charge in [0.05, 0.1) is 49.6 Å². The van der Waals surface area contributed by atoms with Crippen molar-refractivity contribution in [3.63, 3.8) is 0 Å². The van der Waals surface area contributed by atoms with Gasteiger partial charge < -0.3 is 29.8 Å². The highest BCUT2D eigenvalue weighted by molar-refractivity contribution is 5.91. The first-order chi connectivity index (χ1) is 22.7. The molecule has 3 aliphatic heterocycles. The summed E-state index contributed by atoms with van der Waals surface area (Å²) in [5.41, 5.74) is 8.98. The van der Waals surface area contributed by atoms with E-state index in [1.807, 2.05) is 6.21 Å². The Labute approximate surface area is 277 Å². The van der Waals surface area contributed by atoms with Crippen LogP contribution in [0.1, 0.15) is 69.5 Å². The summed E-state index contributed by atoms with van der Waals surface area (Å²) in [6.45, 7) is 9.45. The quantitative estimate of drug-likeness (QED) is 0.397. The number of nitrogens with zero attached hydrogens (tertiary/aromatic N) is 8. The number of ether oxygens (including phenoxy) is 1. The minimum atomic E-state index is -1.00. The molecule has 0 bridgehead atoms. The summed E-state index contributed by atoms with van der Waals surface area (Å²) in [7, 11) is 4.24. The average Bonchev–Trinajstić information content (AvgIpc) is 3.42. The molecule has 1 N–H and O–H groups in total. The molecular formula is C35H48FN9O2. The second kappa shape index (κ2) is 14.0. The van der Waals surface area contributed by atoms with Gasteiger partial charge in [0.2, 0.25) is 0 Å². The monoisotopic (exact) mass is 645 g/mol. The van der Waals surface area contributed by atoms with Gasteiger partial charge in [-0.05, 0) is 58.7 Å². The summed E-state index contributed by atoms with van der Waals surface area (Å²) in [4.78, 5) is 31.1. The van der Waals surface area contributed by atoms with Gasteiger partial charge in [-0.2, -0.15) is 20.3 Å². The minimum Gasteiger partial charge on any atom is -0.463 e. The van der Waals surface area contributed by atoms with Crippen LogP contribution in [0.3, 0.4) is 0 Å². The van der Waals surface area contributed by atoms with Crippen molar-refractivity contribution in [1.82, 2.24) is 30.1 Å². The van der Waals surface area contributed by atoms with Gasteiger partial charge in [0, 0.05) is 55.0 Å². The number of rotatable bonds is 9. The van der Waals surface area contributed by atoms with E-state index in [2.05, 4.69) is 65.0 Å². The van der Waals surface area contributed by atoms with Crippen LogP contribution in [0, 0.1) is 16.7 Å². The highest BCUT2D eigenvalue weighted by Gasteiger charge is 2.37. The molecule has 0 spiro atoms. The molecule has 1 unspecified atom stereocenters. The molecule has 0 aromatic carbocycles. The first-order valence-corrected chi connectivity index (χ1v) is 17.1. The molecule has 0 radical (unpaired) electrons. The number of nitrogens with one attached hydrogen (secondary N) is 1. The van der Waals surface area contributed by atoms with Gasteiger partial charge >= 0.3 is 6.01 Å². The lowest BCUT2D eigenvalue weighted by Gasteiger charge is -2.41. The van der Waals surface area contributed by atoms with Crippen molar-refractivity contribution in [2.24, 2.45) is 10.5 Å². The number of allylic oxidation sites excluding steroid dienone is 1. The smallest absolute Gasteiger partial charge is 0.318 e. The molecular weight excluding hydrogens is 597 g/mol. The molecule has 1 saturated carbocycles. The van der Waals surface area contributed by atoms with Crippen molar-refractivity contribution in [3.05, 3.63) is 46.6 Å². The molecule has 11 nitrogen and oxygen atoms in total. The Balaban J connectivity index is 1.35. The third-order valence-electron chi connectivity index (χ3n) is 10.4. The Bertz CT molecular complexity index is 1510. The summed E-state index contributed by atoms with van der Waals surface area (Å²) < 4.78 is 20.5. The number of hydrazone groups is 1. The molecule has 12 heteroatoms. The van der Waals surface area contributed by atoms with E-state index in [-0.39, 0.29) is 24.4 Å². The maximum atomic E-state index is 13.9. The fourth-order valence-corrected chi connectivity index (χ4v) is 8.21. The van der Waals surface area contributed by atoms with E-state index >= 15 is 0 Å². The zero-order valence-electron chi connectivity index (χ0n) is 28.1. The highest BCUT2D eigenvalue weighted by atomic mass is 19.1. The molecule has 47 heavy (non-hydrogen) atoms. The number of piperazine rings is 1. The van der Waals surface area contributed by atoms with Crippen LogP contribution in [0.5, 0.6) is 6.01 Å². The number of amides is 1. The van der Waals surface area contributed by atoms with Crippen LogP contribution < -0.4 is 15.1 Å². The largest absolute Gasteiger partial charge is 0.463 e. The zero-order chi connectivity index (χ0) is 33.1. The van der Waals surface area contributed by atoms with Crippen molar-refractivity contribution in [2.45, 2.75) is 83.3 Å². The number of anilines is 1. The Kier molecular flexibility index (Phi) is 9.82. The number of halogens is 1. The molecule has 1 saturated heterocycles. The summed E-state index contributed by atoms with van der Waals surface area (Å²) in [5.74, 6) is -0.963. The number of nitriles is 1. The lowest BCUT2D eigenvalue weighted by atomic mass is 9.74. The average molecular weight is 646 g/mol. The molecule has 5 aliphatic rings. The van der Waals surface area contributed by atoms with Crippen LogP contribution in [-0.2, 0) is 17.8 Å². The van der Waals surface area contributed by atoms with Crippen molar-refractivity contribution in [1.29, 1.82) is 5.26 Å². The van der Waals surface area contributed by atoms with E-state index in [1.54, 1.807) is 0 Å². The van der Waals surface area contributed by atoms with E-state index in [0.717, 1.165) is 62.3 Å². The number of carbonyl (C=O) groups is 1. The summed E-state index contributed by atoms with van der Waals surface area (Å²) in [6.07, 6.45) is 12.8. The topological polar surface area (TPSA) is 113 Å². The third kappa shape index (κ3) is 7.00. The van der Waals surface area contributed by atoms with Crippen molar-refractivity contribution < 1.29 is 13.9 Å². The molecule has 2 atom stereocenters. The van der Waals surface area contributed by atoms with E-state index < -0.39 is 17.8 Å². The lowest BCUT2D eigenvalue weighted by molar-refractivity contribution is -0.131. The number of hydrogen-bond donors (Lipinski definition) is 1. The predicted molar refractivity (Wildman–Crippen MR) is 179 cm³/mol. The first kappa shape index (κ1) is 32.9. The van der Waals surface area contributed by atoms with Crippen molar-refractivity contribution >= 4 is 17.9 Å². The minimum absolute atomic E-state index is 0.0447. The second-order valence-electron chi connectivity index (χ2n) is 14.1. The second-order valence-corrected chi connectivity index (χ2v) is 14.1. The standard InChI is InChI=1S/C35H48FN9O2/c1-24-10-11-29-28(19-38-41-29)31(24)43-16-8-9-27-30(21-43)39-34(47-23-35(22-42(3)4)13-6-5-7-14-35)40-32(27)44-17-18-45(33(46)25(2)36)26(20-44)12-15-37/h10,19,26,29,41H,2,5-9,11-14,16-18,20-23H2,1,3-4H3/t26-,29?/m0/s1. The van der Waals surface area contributed by atoms with Crippen LogP contribution in [0.2, 0.25) is 0 Å². The highest BCUT2D eigenvalue weighted by Crippen LogP contribution is 2.39. The van der Waals surface area contributed by atoms with E-state index in [9.17, 15) is 14.4 Å². The number of hydrogen-bond acceptors (Lipinski definition) is 10. The summed E-state index contributed by atoms with van der Waals surface area (Å²) in [5, 5.41) is 14.0. The first-order valence-electron chi connectivity index (χ1n) is 17.1. The van der Waals surface area contributed by atoms with Gasteiger partial charge in [0.15, 0.2) is 5.83 Å². The summed E-state index contributed by atoms with van der Waals surface area (Å²) in [6, 6.07) is 2.27. The molecule has 1 aromatic rings. The van der Waals surface area contributed by atoms with Gasteiger partial charge in [-0.25, -0.2) is 4.39 Å². The van der Waals surface area contributed by atoms with Gasteiger partial charge in [0.1, 0.15) is 5.82 Å². The lowest BCUT2D eigenvalue weighted by Crippen LogP contribution is -2.55. The molecule has 1 amide bonds. The molecule has 252 valence electrons. The number of fused-ring (bicyclic) bond motifs is 2. The van der Waals surface area contributed by atoms with Gasteiger partial charge in [0.25, 0.3) is 5.91 Å². The normalized spacial score (nSPS) is 23.8. The zero-order valence-corrected chi connectivity index (χ0v) is 28.1. The summed E-state index contributed by atoms with van der Waals surface area (Å²) >= 11 is 0. The Morgan fingerprint density at radius 1 is 1.19 bits per heavy atom. The van der Waals surface area contributed by atoms with Crippen LogP contribution in [0.15, 0.2) is 40.4 Å². The van der Waals surface area contributed by atoms with Gasteiger partial charge in [-0.15, -0.1) is 0 Å². The number of aromatic nitrogens is 2. The predicted octanol–water partition coefficient (Wildman–Crippen LogP) is 4.09. The van der Waals surface area contributed by atoms with E-state index in [0.29, 0.717) is 32.3 Å². The molecule has 2 aliphatic carbocycles. The Morgan fingerprint density at radius 2 is 2.00 bits per heavy atom. The van der Waals surface area contributed by atoms with E-state index in [4.69, 9.17) is 14.7 Å². The van der Waals surface area contributed by atoms with Crippen molar-refractivity contribution in [3.8, 4) is 12.1 Å². The van der Waals surface area contributed by atoms with E-state index in [1.165, 1.54) is 41.0 Å². The van der Waals surface area contributed by atoms with Crippen LogP contribution in [-0.4, -0.2) is 102 Å². The number of carbonyl (C=O) groups excluding carboxylic acids is 1. The molecule has 2 fully saturated rings. The molecule has 1 aromatic heterocycles. The molecule has 6 rings (SSSR count). The van der Waals surface area contributed by atoms with Gasteiger partial charge in [-0.3, -0.25) is 4.79 Å².